The number of halogens is 3. The number of alkyl halides is 2. The minimum absolute atomic E-state index is 0.0243. The molecule has 198 valence electrons. The van der Waals surface area contributed by atoms with Crippen LogP contribution in [-0.2, 0) is 10.0 Å². The van der Waals surface area contributed by atoms with Crippen LogP contribution in [0.1, 0.15) is 40.1 Å². The summed E-state index contributed by atoms with van der Waals surface area (Å²) in [5.41, 5.74) is 2.14. The Morgan fingerprint density at radius 1 is 1.08 bits per heavy atom. The number of carbonyl (C=O) groups excluding carboxylic acids is 1. The van der Waals surface area contributed by atoms with E-state index in [-0.39, 0.29) is 16.3 Å². The molecule has 0 aliphatic heterocycles. The van der Waals surface area contributed by atoms with E-state index in [9.17, 15) is 26.8 Å². The van der Waals surface area contributed by atoms with Gasteiger partial charge in [-0.2, -0.15) is 8.78 Å². The molecule has 2 N–H and O–H groups in total. The van der Waals surface area contributed by atoms with Crippen molar-refractivity contribution in [3.8, 4) is 11.3 Å². The highest BCUT2D eigenvalue weighted by Crippen LogP contribution is 2.32. The van der Waals surface area contributed by atoms with Gasteiger partial charge in [0.1, 0.15) is 16.5 Å². The Labute approximate surface area is 221 Å². The normalized spacial score (nSPS) is 12.5. The zero-order chi connectivity index (χ0) is 27.8. The molecule has 2 heterocycles. The van der Waals surface area contributed by atoms with Crippen LogP contribution in [0.15, 0.2) is 63.8 Å². The second kappa shape index (κ2) is 10.5. The highest BCUT2D eigenvalue weighted by atomic mass is 35.5. The van der Waals surface area contributed by atoms with Crippen molar-refractivity contribution in [3.05, 3.63) is 92.4 Å². The van der Waals surface area contributed by atoms with Gasteiger partial charge in [-0.1, -0.05) is 48.0 Å². The summed E-state index contributed by atoms with van der Waals surface area (Å²) < 4.78 is 56.3. The number of nitrogens with zero attached hydrogens (tertiary/aromatic N) is 1. The molecular formula is C26H22ClF2N3O5S. The molecule has 4 aromatic rings. The van der Waals surface area contributed by atoms with Crippen LogP contribution < -0.4 is 15.5 Å². The molecule has 38 heavy (non-hydrogen) atoms. The molecule has 1 atom stereocenters. The summed E-state index contributed by atoms with van der Waals surface area (Å²) in [5.74, 6) is -4.79. The molecule has 0 aliphatic carbocycles. The first-order valence-corrected chi connectivity index (χ1v) is 13.2. The summed E-state index contributed by atoms with van der Waals surface area (Å²) in [4.78, 5) is 29.7. The number of sulfonamides is 1. The number of aromatic nitrogens is 1. The third-order valence-corrected chi connectivity index (χ3v) is 6.96. The van der Waals surface area contributed by atoms with E-state index in [4.69, 9.17) is 16.0 Å². The quantitative estimate of drug-likeness (QED) is 0.283. The standard InChI is InChI=1S/C26H22ClF2N3O5S/c1-13-11-17(24-18(12-13)22(33)14(2)23(37-24)16-7-5-4-6-8-16)15(3)30-19-9-10-20(27)31-21(19)25(34)32-38(35,36)26(28)29/h4-12,15,26,30H,1-3H3,(H,32,34)/t15-/m1/s1. The van der Waals surface area contributed by atoms with Gasteiger partial charge in [-0.15, -0.1) is 0 Å². The molecule has 0 fully saturated rings. The minimum Gasteiger partial charge on any atom is -0.455 e. The zero-order valence-corrected chi connectivity index (χ0v) is 22.0. The number of hydrogen-bond acceptors (Lipinski definition) is 7. The third kappa shape index (κ3) is 5.39. The zero-order valence-electron chi connectivity index (χ0n) is 20.4. The maximum absolute atomic E-state index is 13.3. The molecule has 2 aromatic heterocycles. The number of nitrogens with one attached hydrogen (secondary N) is 2. The summed E-state index contributed by atoms with van der Waals surface area (Å²) in [5, 5.41) is 3.24. The summed E-state index contributed by atoms with van der Waals surface area (Å²) in [6, 6.07) is 14.8. The number of aryl methyl sites for hydroxylation is 1. The van der Waals surface area contributed by atoms with E-state index in [1.807, 2.05) is 37.3 Å². The lowest BCUT2D eigenvalue weighted by atomic mass is 9.98. The summed E-state index contributed by atoms with van der Waals surface area (Å²) in [6.45, 7) is 5.23. The van der Waals surface area contributed by atoms with Gasteiger partial charge >= 0.3 is 5.76 Å². The second-order valence-electron chi connectivity index (χ2n) is 8.62. The lowest BCUT2D eigenvalue weighted by Gasteiger charge is -2.20. The third-order valence-electron chi connectivity index (χ3n) is 5.81. The predicted octanol–water partition coefficient (Wildman–Crippen LogP) is 5.58. The molecule has 0 bridgehead atoms. The van der Waals surface area contributed by atoms with Crippen molar-refractivity contribution in [2.75, 3.05) is 5.32 Å². The summed E-state index contributed by atoms with van der Waals surface area (Å²) in [7, 11) is -5.22. The number of amides is 1. The van der Waals surface area contributed by atoms with Gasteiger partial charge in [-0.25, -0.2) is 18.1 Å². The Bertz CT molecular complexity index is 1710. The van der Waals surface area contributed by atoms with Gasteiger partial charge in [-0.05, 0) is 44.5 Å². The van der Waals surface area contributed by atoms with E-state index in [1.165, 1.54) is 16.9 Å². The van der Waals surface area contributed by atoms with Crippen LogP contribution in [0.3, 0.4) is 0 Å². The Morgan fingerprint density at radius 3 is 2.42 bits per heavy atom. The Balaban J connectivity index is 1.80. The van der Waals surface area contributed by atoms with Crippen molar-refractivity contribution in [2.45, 2.75) is 32.6 Å². The van der Waals surface area contributed by atoms with Crippen LogP contribution in [0.4, 0.5) is 14.5 Å². The average molecular weight is 562 g/mol. The van der Waals surface area contributed by atoms with Gasteiger partial charge in [-0.3, -0.25) is 9.59 Å². The molecule has 8 nitrogen and oxygen atoms in total. The van der Waals surface area contributed by atoms with Gasteiger partial charge < -0.3 is 9.73 Å². The highest BCUT2D eigenvalue weighted by molar-refractivity contribution is 7.90. The number of hydrogen-bond donors (Lipinski definition) is 2. The fraction of sp³-hybridized carbons (Fsp3) is 0.192. The maximum Gasteiger partial charge on any atom is 0.355 e. The summed E-state index contributed by atoms with van der Waals surface area (Å²) >= 11 is 5.89. The average Bonchev–Trinajstić information content (AvgIpc) is 2.87. The second-order valence-corrected chi connectivity index (χ2v) is 10.7. The van der Waals surface area contributed by atoms with Crippen molar-refractivity contribution in [2.24, 2.45) is 0 Å². The van der Waals surface area contributed by atoms with E-state index in [1.54, 1.807) is 26.0 Å². The van der Waals surface area contributed by atoms with Gasteiger partial charge in [0.15, 0.2) is 11.1 Å². The molecule has 2 aromatic carbocycles. The molecular weight excluding hydrogens is 540 g/mol. The molecule has 0 radical (unpaired) electrons. The highest BCUT2D eigenvalue weighted by Gasteiger charge is 2.29. The van der Waals surface area contributed by atoms with Crippen molar-refractivity contribution < 1.29 is 26.4 Å². The van der Waals surface area contributed by atoms with Crippen molar-refractivity contribution in [3.63, 3.8) is 0 Å². The van der Waals surface area contributed by atoms with Crippen molar-refractivity contribution in [1.82, 2.24) is 9.71 Å². The van der Waals surface area contributed by atoms with E-state index >= 15 is 0 Å². The minimum atomic E-state index is -5.22. The molecule has 0 saturated heterocycles. The van der Waals surface area contributed by atoms with E-state index in [2.05, 4.69) is 10.3 Å². The van der Waals surface area contributed by atoms with Gasteiger partial charge in [0.05, 0.1) is 17.1 Å². The van der Waals surface area contributed by atoms with Crippen LogP contribution in [0.25, 0.3) is 22.3 Å². The Hall–Kier alpha value is -3.83. The van der Waals surface area contributed by atoms with E-state index in [0.29, 0.717) is 27.9 Å². The fourth-order valence-electron chi connectivity index (χ4n) is 4.01. The number of pyridine rings is 1. The Morgan fingerprint density at radius 2 is 1.76 bits per heavy atom. The van der Waals surface area contributed by atoms with Gasteiger partial charge in [0, 0.05) is 16.7 Å². The van der Waals surface area contributed by atoms with Crippen LogP contribution >= 0.6 is 11.6 Å². The topological polar surface area (TPSA) is 118 Å². The van der Waals surface area contributed by atoms with Crippen LogP contribution in [0, 0.1) is 13.8 Å². The lowest BCUT2D eigenvalue weighted by molar-refractivity contribution is 0.0973. The van der Waals surface area contributed by atoms with Crippen molar-refractivity contribution in [1.29, 1.82) is 0 Å². The SMILES string of the molecule is Cc1cc([C@@H](C)Nc2ccc(Cl)nc2C(=O)NS(=O)(=O)C(F)F)c2oc(-c3ccccc3)c(C)c(=O)c2c1. The molecule has 0 spiro atoms. The van der Waals surface area contributed by atoms with Gasteiger partial charge in [0.25, 0.3) is 15.9 Å². The number of benzene rings is 2. The molecule has 0 unspecified atom stereocenters. The van der Waals surface area contributed by atoms with Crippen molar-refractivity contribution >= 4 is 44.2 Å². The summed E-state index contributed by atoms with van der Waals surface area (Å²) in [6.07, 6.45) is 0. The number of anilines is 1. The molecule has 1 amide bonds. The van der Waals surface area contributed by atoms with Crippen LogP contribution in [0.2, 0.25) is 5.15 Å². The lowest BCUT2D eigenvalue weighted by Crippen LogP contribution is -2.35. The molecule has 12 heteroatoms. The molecule has 4 rings (SSSR count). The first-order chi connectivity index (χ1) is 17.9. The first-order valence-electron chi connectivity index (χ1n) is 11.3. The largest absolute Gasteiger partial charge is 0.455 e. The number of rotatable bonds is 7. The smallest absolute Gasteiger partial charge is 0.355 e. The predicted molar refractivity (Wildman–Crippen MR) is 141 cm³/mol. The monoisotopic (exact) mass is 561 g/mol. The maximum atomic E-state index is 13.3. The fourth-order valence-corrected chi connectivity index (χ4v) is 4.60. The van der Waals surface area contributed by atoms with Crippen LogP contribution in [-0.4, -0.2) is 25.1 Å². The first kappa shape index (κ1) is 27.2. The molecule has 0 aliphatic rings. The Kier molecular flexibility index (Phi) is 7.52. The number of carbonyl (C=O) groups is 1. The molecule has 0 saturated carbocycles. The number of fused-ring (bicyclic) bond motifs is 1. The van der Waals surface area contributed by atoms with E-state index in [0.717, 1.165) is 11.1 Å². The van der Waals surface area contributed by atoms with E-state index < -0.39 is 33.4 Å². The van der Waals surface area contributed by atoms with Crippen LogP contribution in [0.5, 0.6) is 0 Å². The van der Waals surface area contributed by atoms with Gasteiger partial charge in [0.2, 0.25) is 0 Å².